The number of hydrogen-bond donors (Lipinski definition) is 0. The number of ether oxygens (including phenoxy) is 2. The van der Waals surface area contributed by atoms with Crippen molar-refractivity contribution in [2.45, 2.75) is 13.1 Å². The van der Waals surface area contributed by atoms with Gasteiger partial charge in [-0.15, -0.1) is 6.58 Å². The molecule has 1 aliphatic rings. The molecule has 0 aliphatic carbocycles. The number of esters is 2. The fourth-order valence-corrected chi connectivity index (χ4v) is 6.71. The van der Waals surface area contributed by atoms with Gasteiger partial charge in [0.2, 0.25) is 0 Å². The first kappa shape index (κ1) is 15.0. The van der Waals surface area contributed by atoms with Gasteiger partial charge in [0.15, 0.2) is 5.92 Å². The van der Waals surface area contributed by atoms with E-state index in [1.807, 2.05) is 11.4 Å². The van der Waals surface area contributed by atoms with Crippen LogP contribution in [0.15, 0.2) is 29.3 Å². The zero-order valence-electron chi connectivity index (χ0n) is 11.8. The summed E-state index contributed by atoms with van der Waals surface area (Å²) in [5.41, 5.74) is 0. The predicted molar refractivity (Wildman–Crippen MR) is 80.5 cm³/mol. The van der Waals surface area contributed by atoms with Gasteiger partial charge in [-0.2, -0.15) is 11.3 Å². The van der Waals surface area contributed by atoms with Crippen LogP contribution >= 0.6 is 11.3 Å². The van der Waals surface area contributed by atoms with Crippen LogP contribution in [0.3, 0.4) is 0 Å². The van der Waals surface area contributed by atoms with Crippen molar-refractivity contribution in [1.82, 2.24) is 0 Å². The van der Waals surface area contributed by atoms with E-state index in [0.29, 0.717) is 0 Å². The lowest BCUT2D eigenvalue weighted by Gasteiger charge is -2.28. The van der Waals surface area contributed by atoms with E-state index in [2.05, 4.69) is 25.7 Å². The molecule has 0 spiro atoms. The van der Waals surface area contributed by atoms with E-state index < -0.39 is 25.9 Å². The van der Waals surface area contributed by atoms with Crippen LogP contribution < -0.4 is 4.50 Å². The predicted octanol–water partition coefficient (Wildman–Crippen LogP) is 1.72. The van der Waals surface area contributed by atoms with Gasteiger partial charge in [-0.1, -0.05) is 30.4 Å². The quantitative estimate of drug-likeness (QED) is 0.483. The standard InChI is InChI=1S/C14H18O4SSi/c1-9(20(3,4)11-6-5-7-19-11)10-8-18-14(16)12(10)13(15)17-2/h5-7,10,12H,1,8H2,2-4H3/t10-,12-/m1/s1. The van der Waals surface area contributed by atoms with Crippen LogP contribution in [0.25, 0.3) is 0 Å². The lowest BCUT2D eigenvalue weighted by molar-refractivity contribution is -0.154. The Bertz CT molecular complexity index is 535. The molecule has 0 bridgehead atoms. The van der Waals surface area contributed by atoms with Crippen LogP contribution in [0, 0.1) is 11.8 Å². The van der Waals surface area contributed by atoms with E-state index in [1.54, 1.807) is 11.3 Å². The Morgan fingerprint density at radius 2 is 2.25 bits per heavy atom. The molecule has 0 N–H and O–H groups in total. The topological polar surface area (TPSA) is 52.6 Å². The minimum Gasteiger partial charge on any atom is -0.468 e. The molecule has 0 radical (unpaired) electrons. The van der Waals surface area contributed by atoms with Crippen molar-refractivity contribution in [3.05, 3.63) is 29.3 Å². The summed E-state index contributed by atoms with van der Waals surface area (Å²) < 4.78 is 11.1. The lowest BCUT2D eigenvalue weighted by atomic mass is 9.95. The second-order valence-corrected chi connectivity index (χ2v) is 11.1. The van der Waals surface area contributed by atoms with Crippen molar-refractivity contribution in [1.29, 1.82) is 0 Å². The molecular weight excluding hydrogens is 292 g/mol. The molecule has 2 atom stereocenters. The Morgan fingerprint density at radius 3 is 2.80 bits per heavy atom. The third kappa shape index (κ3) is 2.45. The average Bonchev–Trinajstić information content (AvgIpc) is 3.06. The molecule has 2 rings (SSSR count). The normalized spacial score (nSPS) is 22.4. The number of thiophene rings is 1. The summed E-state index contributed by atoms with van der Waals surface area (Å²) >= 11 is 1.69. The Balaban J connectivity index is 2.28. The van der Waals surface area contributed by atoms with Crippen LogP contribution in [0.4, 0.5) is 0 Å². The van der Waals surface area contributed by atoms with Crippen LogP contribution in [0.2, 0.25) is 13.1 Å². The summed E-state index contributed by atoms with van der Waals surface area (Å²) in [6.07, 6.45) is 0. The molecule has 0 saturated carbocycles. The molecule has 4 nitrogen and oxygen atoms in total. The Kier molecular flexibility index (Phi) is 4.15. The third-order valence-electron chi connectivity index (χ3n) is 3.90. The van der Waals surface area contributed by atoms with Crippen molar-refractivity contribution >= 4 is 35.8 Å². The number of carbonyl (C=O) groups is 2. The number of carbonyl (C=O) groups excluding carboxylic acids is 2. The van der Waals surface area contributed by atoms with Crippen LogP contribution in [-0.4, -0.2) is 33.7 Å². The number of cyclic esters (lactones) is 1. The molecule has 1 aromatic heterocycles. The van der Waals surface area contributed by atoms with Crippen molar-refractivity contribution < 1.29 is 19.1 Å². The summed E-state index contributed by atoms with van der Waals surface area (Å²) in [4.78, 5) is 23.6. The van der Waals surface area contributed by atoms with Gasteiger partial charge >= 0.3 is 11.9 Å². The second-order valence-electron chi connectivity index (χ2n) is 5.36. The van der Waals surface area contributed by atoms with Crippen molar-refractivity contribution in [3.63, 3.8) is 0 Å². The van der Waals surface area contributed by atoms with E-state index in [0.717, 1.165) is 5.20 Å². The van der Waals surface area contributed by atoms with Crippen LogP contribution in [0.5, 0.6) is 0 Å². The van der Waals surface area contributed by atoms with Gasteiger partial charge in [0.05, 0.1) is 13.7 Å². The molecule has 2 heterocycles. The summed E-state index contributed by atoms with van der Waals surface area (Å²) in [7, 11) is -0.654. The summed E-state index contributed by atoms with van der Waals surface area (Å²) in [5.74, 6) is -2.17. The lowest BCUT2D eigenvalue weighted by Crippen LogP contribution is -2.46. The molecule has 1 aliphatic heterocycles. The smallest absolute Gasteiger partial charge is 0.321 e. The molecule has 0 amide bonds. The highest BCUT2D eigenvalue weighted by Crippen LogP contribution is 2.34. The fourth-order valence-electron chi connectivity index (χ4n) is 2.47. The molecule has 1 fully saturated rings. The van der Waals surface area contributed by atoms with E-state index in [4.69, 9.17) is 9.47 Å². The maximum absolute atomic E-state index is 11.8. The first-order chi connectivity index (χ1) is 9.39. The zero-order valence-corrected chi connectivity index (χ0v) is 13.7. The molecule has 1 saturated heterocycles. The van der Waals surface area contributed by atoms with E-state index in [1.165, 1.54) is 11.6 Å². The Labute approximate surface area is 123 Å². The molecule has 0 aromatic carbocycles. The monoisotopic (exact) mass is 310 g/mol. The van der Waals surface area contributed by atoms with Gasteiger partial charge in [0.1, 0.15) is 8.07 Å². The minimum atomic E-state index is -1.94. The molecular formula is C14H18O4SSi. The van der Waals surface area contributed by atoms with Crippen molar-refractivity contribution in [2.24, 2.45) is 11.8 Å². The highest BCUT2D eigenvalue weighted by Gasteiger charge is 2.48. The van der Waals surface area contributed by atoms with Crippen molar-refractivity contribution in [2.75, 3.05) is 13.7 Å². The SMILES string of the molecule is C=C([C@H]1COC(=O)[C@H]1C(=O)OC)[Si](C)(C)c1cccs1. The van der Waals surface area contributed by atoms with Gasteiger partial charge in [0.25, 0.3) is 0 Å². The maximum Gasteiger partial charge on any atom is 0.321 e. The second kappa shape index (κ2) is 5.53. The van der Waals surface area contributed by atoms with Gasteiger partial charge in [-0.3, -0.25) is 9.59 Å². The molecule has 0 unspecified atom stereocenters. The van der Waals surface area contributed by atoms with E-state index >= 15 is 0 Å². The average molecular weight is 310 g/mol. The number of rotatable bonds is 4. The van der Waals surface area contributed by atoms with E-state index in [9.17, 15) is 9.59 Å². The zero-order chi connectivity index (χ0) is 14.9. The first-order valence-electron chi connectivity index (χ1n) is 6.37. The van der Waals surface area contributed by atoms with Gasteiger partial charge < -0.3 is 9.47 Å². The summed E-state index contributed by atoms with van der Waals surface area (Å²) in [5, 5.41) is 2.99. The van der Waals surface area contributed by atoms with E-state index in [-0.39, 0.29) is 12.5 Å². The minimum absolute atomic E-state index is 0.221. The van der Waals surface area contributed by atoms with Gasteiger partial charge in [-0.05, 0) is 9.88 Å². The number of hydrogen-bond acceptors (Lipinski definition) is 5. The van der Waals surface area contributed by atoms with Crippen LogP contribution in [-0.2, 0) is 19.1 Å². The van der Waals surface area contributed by atoms with Gasteiger partial charge in [0, 0.05) is 5.92 Å². The first-order valence-corrected chi connectivity index (χ1v) is 10.2. The van der Waals surface area contributed by atoms with Crippen molar-refractivity contribution in [3.8, 4) is 0 Å². The fraction of sp³-hybridized carbons (Fsp3) is 0.429. The Morgan fingerprint density at radius 1 is 1.55 bits per heavy atom. The largest absolute Gasteiger partial charge is 0.468 e. The molecule has 6 heteroatoms. The third-order valence-corrected chi connectivity index (χ3v) is 9.85. The summed E-state index contributed by atoms with van der Waals surface area (Å²) in [6.45, 7) is 8.77. The molecule has 108 valence electrons. The highest BCUT2D eigenvalue weighted by molar-refractivity contribution is 7.26. The molecule has 1 aromatic rings. The van der Waals surface area contributed by atoms with Gasteiger partial charge in [-0.25, -0.2) is 0 Å². The molecule has 20 heavy (non-hydrogen) atoms. The maximum atomic E-state index is 11.8. The Hall–Kier alpha value is -1.40. The summed E-state index contributed by atoms with van der Waals surface area (Å²) in [6, 6.07) is 4.10. The number of methoxy groups -OCH3 is 1. The highest BCUT2D eigenvalue weighted by atomic mass is 32.1. The van der Waals surface area contributed by atoms with Crippen LogP contribution in [0.1, 0.15) is 0 Å².